The second-order valence-corrected chi connectivity index (χ2v) is 10.1. The Morgan fingerprint density at radius 3 is 2.68 bits per heavy atom. The smallest absolute Gasteiger partial charge is 0.379 e. The number of alkyl halides is 3. The van der Waals surface area contributed by atoms with Gasteiger partial charge in [-0.2, -0.15) is 18.3 Å². The number of aromatic amines is 1. The second-order valence-electron chi connectivity index (χ2n) is 9.85. The molecule has 2 aliphatic rings. The number of carbonyl (C=O) groups is 3. The maximum absolute atomic E-state index is 13.4. The van der Waals surface area contributed by atoms with Crippen LogP contribution in [0.3, 0.4) is 0 Å². The molecule has 0 aliphatic carbocycles. The normalized spacial score (nSPS) is 19.4. The van der Waals surface area contributed by atoms with Crippen LogP contribution in [0.5, 0.6) is 0 Å². The lowest BCUT2D eigenvalue weighted by molar-refractivity contribution is -0.138. The highest BCUT2D eigenvalue weighted by Gasteiger charge is 2.53. The number of likely N-dealkylation sites (N-methyl/N-ethyl adjacent to an activating group) is 1. The van der Waals surface area contributed by atoms with E-state index in [1.54, 1.807) is 11.8 Å². The molecule has 1 saturated heterocycles. The molecule has 0 spiro atoms. The molecule has 2 aliphatic heterocycles. The highest BCUT2D eigenvalue weighted by molar-refractivity contribution is 7.79. The van der Waals surface area contributed by atoms with Gasteiger partial charge in [0, 0.05) is 37.7 Å². The van der Waals surface area contributed by atoms with Crippen molar-refractivity contribution in [3.63, 3.8) is 0 Å². The van der Waals surface area contributed by atoms with Crippen LogP contribution in [0, 0.1) is 0 Å². The number of H-pyrrole nitrogens is 1. The molecule has 2 N–H and O–H groups in total. The Balaban J connectivity index is 1.37. The van der Waals surface area contributed by atoms with Crippen molar-refractivity contribution < 1.29 is 32.3 Å². The van der Waals surface area contributed by atoms with E-state index in [0.717, 1.165) is 11.0 Å². The summed E-state index contributed by atoms with van der Waals surface area (Å²) in [6.45, 7) is 3.49. The van der Waals surface area contributed by atoms with Gasteiger partial charge in [0.15, 0.2) is 17.1 Å². The van der Waals surface area contributed by atoms with E-state index in [0.29, 0.717) is 6.20 Å². The lowest BCUT2D eigenvalue weighted by Crippen LogP contribution is -2.72. The van der Waals surface area contributed by atoms with Crippen LogP contribution in [-0.4, -0.2) is 94.5 Å². The number of anilines is 3. The highest BCUT2D eigenvalue weighted by atomic mass is 32.1. The molecule has 1 fully saturated rings. The maximum Gasteiger partial charge on any atom is 0.417 e. The molecule has 2 aromatic heterocycles. The molecule has 220 valence electrons. The van der Waals surface area contributed by atoms with Crippen molar-refractivity contribution in [3.8, 4) is 0 Å². The number of hydrogen-bond donors (Lipinski definition) is 2. The first-order chi connectivity index (χ1) is 19.3. The zero-order chi connectivity index (χ0) is 30.1. The monoisotopic (exact) mass is 595 g/mol. The van der Waals surface area contributed by atoms with Crippen molar-refractivity contribution in [2.75, 3.05) is 55.0 Å². The third-order valence-electron chi connectivity index (χ3n) is 6.96. The van der Waals surface area contributed by atoms with E-state index in [1.807, 2.05) is 0 Å². The molecule has 2 amide bonds. The molecule has 0 aromatic carbocycles. The molecule has 16 heteroatoms. The van der Waals surface area contributed by atoms with Gasteiger partial charge in [0.25, 0.3) is 11.5 Å². The summed E-state index contributed by atoms with van der Waals surface area (Å²) in [7, 11) is 1.35. The Morgan fingerprint density at radius 1 is 1.29 bits per heavy atom. The van der Waals surface area contributed by atoms with Crippen LogP contribution >= 0.6 is 12.2 Å². The van der Waals surface area contributed by atoms with E-state index < -0.39 is 34.5 Å². The maximum atomic E-state index is 13.4. The SMILES string of the molecule is CC(=O)c1c(N[C@@H](C)COCCC(=O)N2CCN3c4ncc(C(F)(F)F)cc4N(C)C(=O)[C@@]3(C=S)C2)cn[nH]c1=O. The van der Waals surface area contributed by atoms with Crippen molar-refractivity contribution in [2.24, 2.45) is 0 Å². The number of aromatic nitrogens is 3. The first-order valence-electron chi connectivity index (χ1n) is 12.6. The fraction of sp³-hybridized carbons (Fsp3) is 0.480. The van der Waals surface area contributed by atoms with Crippen LogP contribution in [0.15, 0.2) is 23.3 Å². The number of rotatable bonds is 9. The summed E-state index contributed by atoms with van der Waals surface area (Å²) in [6.07, 6.45) is -2.58. The molecule has 0 radical (unpaired) electrons. The van der Waals surface area contributed by atoms with Crippen LogP contribution in [0.25, 0.3) is 0 Å². The summed E-state index contributed by atoms with van der Waals surface area (Å²) in [4.78, 5) is 58.3. The van der Waals surface area contributed by atoms with Crippen LogP contribution in [0.4, 0.5) is 30.4 Å². The number of pyridine rings is 1. The van der Waals surface area contributed by atoms with Crippen molar-refractivity contribution in [2.45, 2.75) is 38.0 Å². The van der Waals surface area contributed by atoms with Crippen LogP contribution in [0.2, 0.25) is 0 Å². The second kappa shape index (κ2) is 11.5. The zero-order valence-corrected chi connectivity index (χ0v) is 23.3. The van der Waals surface area contributed by atoms with E-state index >= 15 is 0 Å². The Labute approximate surface area is 237 Å². The summed E-state index contributed by atoms with van der Waals surface area (Å²) < 4.78 is 45.4. The van der Waals surface area contributed by atoms with Gasteiger partial charge >= 0.3 is 6.18 Å². The number of hydrogen-bond acceptors (Lipinski definition) is 10. The van der Waals surface area contributed by atoms with E-state index in [9.17, 15) is 32.3 Å². The number of ether oxygens (including phenoxy) is 1. The summed E-state index contributed by atoms with van der Waals surface area (Å²) in [5, 5.41) is 10.1. The predicted molar refractivity (Wildman–Crippen MR) is 146 cm³/mol. The highest BCUT2D eigenvalue weighted by Crippen LogP contribution is 2.42. The molecule has 4 rings (SSSR count). The lowest BCUT2D eigenvalue weighted by Gasteiger charge is -2.52. The average molecular weight is 596 g/mol. The zero-order valence-electron chi connectivity index (χ0n) is 22.4. The minimum atomic E-state index is -4.62. The quantitative estimate of drug-likeness (QED) is 0.250. The fourth-order valence-corrected chi connectivity index (χ4v) is 5.22. The van der Waals surface area contributed by atoms with E-state index in [1.165, 1.54) is 30.4 Å². The Hall–Kier alpha value is -3.92. The Morgan fingerprint density at radius 2 is 2.02 bits per heavy atom. The number of amides is 2. The van der Waals surface area contributed by atoms with Gasteiger partial charge in [-0.05, 0) is 19.9 Å². The van der Waals surface area contributed by atoms with Gasteiger partial charge in [0.05, 0.1) is 49.3 Å². The number of Topliss-reactive ketones (excluding diaryl/α,β-unsaturated/α-hetero) is 1. The van der Waals surface area contributed by atoms with Crippen molar-refractivity contribution in [1.82, 2.24) is 20.1 Å². The number of piperazine rings is 1. The number of nitrogens with zero attached hydrogens (tertiary/aromatic N) is 5. The van der Waals surface area contributed by atoms with Gasteiger partial charge in [-0.25, -0.2) is 10.1 Å². The molecule has 0 saturated carbocycles. The van der Waals surface area contributed by atoms with Gasteiger partial charge in [0.1, 0.15) is 5.56 Å². The molecule has 2 atom stereocenters. The van der Waals surface area contributed by atoms with Crippen LogP contribution in [0.1, 0.15) is 36.2 Å². The average Bonchev–Trinajstić information content (AvgIpc) is 2.92. The van der Waals surface area contributed by atoms with Gasteiger partial charge in [-0.15, -0.1) is 0 Å². The largest absolute Gasteiger partial charge is 0.417 e. The summed E-state index contributed by atoms with van der Waals surface area (Å²) in [5.74, 6) is -1.09. The molecule has 4 heterocycles. The number of nitrogens with one attached hydrogen (secondary N) is 2. The first kappa shape index (κ1) is 30.0. The number of halogens is 3. The minimum absolute atomic E-state index is 0.000700. The van der Waals surface area contributed by atoms with Crippen molar-refractivity contribution in [1.29, 1.82) is 0 Å². The topological polar surface area (TPSA) is 141 Å². The molecule has 0 unspecified atom stereocenters. The molecule has 41 heavy (non-hydrogen) atoms. The number of ketones is 1. The molecular formula is C25H28F3N7O5S. The van der Waals surface area contributed by atoms with Gasteiger partial charge in [-0.1, -0.05) is 12.2 Å². The predicted octanol–water partition coefficient (Wildman–Crippen LogP) is 1.66. The van der Waals surface area contributed by atoms with Crippen molar-refractivity contribution >= 4 is 52.4 Å². The summed E-state index contributed by atoms with van der Waals surface area (Å²) in [6, 6.07) is 0.556. The van der Waals surface area contributed by atoms with Gasteiger partial charge in [0.2, 0.25) is 5.91 Å². The molecule has 12 nitrogen and oxygen atoms in total. The van der Waals surface area contributed by atoms with Crippen LogP contribution in [-0.2, 0) is 20.5 Å². The fourth-order valence-electron chi connectivity index (χ4n) is 4.92. The lowest BCUT2D eigenvalue weighted by atomic mass is 9.90. The van der Waals surface area contributed by atoms with Gasteiger partial charge in [-0.3, -0.25) is 19.2 Å². The molecular weight excluding hydrogens is 567 g/mol. The van der Waals surface area contributed by atoms with E-state index in [2.05, 4.69) is 20.5 Å². The molecule has 2 aromatic rings. The Bertz CT molecular complexity index is 1440. The number of thiocarbonyl (C=S) groups is 1. The first-order valence-corrected chi connectivity index (χ1v) is 13.1. The number of fused-ring (bicyclic) bond motifs is 3. The van der Waals surface area contributed by atoms with E-state index in [-0.39, 0.29) is 74.0 Å². The van der Waals surface area contributed by atoms with Gasteiger partial charge < -0.3 is 24.8 Å². The minimum Gasteiger partial charge on any atom is -0.379 e. The standard InChI is InChI=1S/C25H28F3N7O5S/c1-14(31-17-10-30-32-22(38)20(17)15(2)36)11-40-7-4-19(37)34-5-6-35-21-18(8-16(9-29-21)25(26,27)28)33(3)23(39)24(35,12-34)13-41/h8-10,13-14H,4-7,11-12H2,1-3H3,(H2,31,32,38)/t14-,24-/m0/s1. The summed E-state index contributed by atoms with van der Waals surface area (Å²) >= 11 is 5.23. The third kappa shape index (κ3) is 5.79. The van der Waals surface area contributed by atoms with Crippen molar-refractivity contribution in [3.05, 3.63) is 39.9 Å². The summed E-state index contributed by atoms with van der Waals surface area (Å²) in [5.41, 5.74) is -2.81. The van der Waals surface area contributed by atoms with E-state index in [4.69, 9.17) is 17.0 Å². The van der Waals surface area contributed by atoms with Crippen LogP contribution < -0.4 is 20.7 Å². The Kier molecular flexibility index (Phi) is 8.44. The molecule has 0 bridgehead atoms. The third-order valence-corrected chi connectivity index (χ3v) is 7.35. The number of carbonyl (C=O) groups excluding carboxylic acids is 3.